The van der Waals surface area contributed by atoms with Crippen molar-refractivity contribution in [3.63, 3.8) is 0 Å². The summed E-state index contributed by atoms with van der Waals surface area (Å²) in [5, 5.41) is 0. The summed E-state index contributed by atoms with van der Waals surface area (Å²) in [6, 6.07) is 0. The molecule has 1 fully saturated rings. The highest BCUT2D eigenvalue weighted by atomic mass is 16.2. The van der Waals surface area contributed by atoms with Gasteiger partial charge >= 0.3 is 0 Å². The first-order chi connectivity index (χ1) is 9.81. The maximum absolute atomic E-state index is 12.5. The van der Waals surface area contributed by atoms with E-state index in [1.807, 2.05) is 37.5 Å². The van der Waals surface area contributed by atoms with Crippen molar-refractivity contribution in [2.45, 2.75) is 60.3 Å². The Bertz CT molecular complexity index is 352. The van der Waals surface area contributed by atoms with E-state index in [1.165, 1.54) is 0 Å². The summed E-state index contributed by atoms with van der Waals surface area (Å²) in [6.45, 7) is 13.2. The average molecular weight is 296 g/mol. The fourth-order valence-corrected chi connectivity index (χ4v) is 2.84. The van der Waals surface area contributed by atoms with Crippen LogP contribution in [0.2, 0.25) is 0 Å². The summed E-state index contributed by atoms with van der Waals surface area (Å²) in [5.74, 6) is 0.589. The van der Waals surface area contributed by atoms with Crippen molar-refractivity contribution in [3.05, 3.63) is 0 Å². The zero-order valence-electron chi connectivity index (χ0n) is 14.4. The normalized spacial score (nSPS) is 16.9. The number of likely N-dealkylation sites (tertiary alicyclic amines) is 1. The number of hydrogen-bond donors (Lipinski definition) is 0. The second-order valence-electron chi connectivity index (χ2n) is 7.09. The van der Waals surface area contributed by atoms with E-state index in [4.69, 9.17) is 0 Å². The molecular weight excluding hydrogens is 264 g/mol. The Morgan fingerprint density at radius 3 is 2.14 bits per heavy atom. The van der Waals surface area contributed by atoms with Gasteiger partial charge in [-0.2, -0.15) is 0 Å². The second-order valence-corrected chi connectivity index (χ2v) is 7.09. The van der Waals surface area contributed by atoms with Crippen molar-refractivity contribution in [1.82, 2.24) is 9.80 Å². The Labute approximate surface area is 129 Å². The molecule has 0 radical (unpaired) electrons. The zero-order valence-corrected chi connectivity index (χ0v) is 14.4. The van der Waals surface area contributed by atoms with Crippen LogP contribution in [-0.2, 0) is 9.59 Å². The van der Waals surface area contributed by atoms with Crippen LogP contribution in [0.1, 0.15) is 60.3 Å². The molecule has 4 nitrogen and oxygen atoms in total. The quantitative estimate of drug-likeness (QED) is 0.782. The van der Waals surface area contributed by atoms with Crippen LogP contribution in [-0.4, -0.2) is 47.8 Å². The topological polar surface area (TPSA) is 40.6 Å². The van der Waals surface area contributed by atoms with E-state index >= 15 is 0 Å². The molecule has 21 heavy (non-hydrogen) atoms. The van der Waals surface area contributed by atoms with Gasteiger partial charge in [-0.05, 0) is 26.2 Å². The molecule has 0 N–H and O–H groups in total. The smallest absolute Gasteiger partial charge is 0.227 e. The molecule has 1 aliphatic heterocycles. The van der Waals surface area contributed by atoms with Crippen molar-refractivity contribution in [3.8, 4) is 0 Å². The molecule has 0 aliphatic carbocycles. The third-order valence-corrected chi connectivity index (χ3v) is 4.25. The molecule has 4 heteroatoms. The lowest BCUT2D eigenvalue weighted by molar-refractivity contribution is -0.144. The van der Waals surface area contributed by atoms with E-state index in [0.717, 1.165) is 51.9 Å². The van der Waals surface area contributed by atoms with E-state index < -0.39 is 0 Å². The van der Waals surface area contributed by atoms with Crippen LogP contribution in [0.3, 0.4) is 0 Å². The summed E-state index contributed by atoms with van der Waals surface area (Å²) in [5.41, 5.74) is -0.326. The highest BCUT2D eigenvalue weighted by Crippen LogP contribution is 2.24. The van der Waals surface area contributed by atoms with Crippen LogP contribution in [0.15, 0.2) is 0 Å². The van der Waals surface area contributed by atoms with Gasteiger partial charge in [-0.15, -0.1) is 0 Å². The van der Waals surface area contributed by atoms with Gasteiger partial charge in [0.1, 0.15) is 0 Å². The highest BCUT2D eigenvalue weighted by molar-refractivity contribution is 5.82. The molecule has 1 aliphatic rings. The minimum Gasteiger partial charge on any atom is -0.343 e. The summed E-state index contributed by atoms with van der Waals surface area (Å²) >= 11 is 0. The van der Waals surface area contributed by atoms with Gasteiger partial charge in [0, 0.05) is 37.5 Å². The van der Waals surface area contributed by atoms with Crippen LogP contribution in [0.25, 0.3) is 0 Å². The Morgan fingerprint density at radius 1 is 1.14 bits per heavy atom. The van der Waals surface area contributed by atoms with Crippen LogP contribution in [0.4, 0.5) is 0 Å². The van der Waals surface area contributed by atoms with E-state index in [0.29, 0.717) is 0 Å². The fraction of sp³-hybridized carbons (Fsp3) is 0.882. The molecule has 0 aromatic carbocycles. The highest BCUT2D eigenvalue weighted by Gasteiger charge is 2.33. The van der Waals surface area contributed by atoms with E-state index in [1.54, 1.807) is 0 Å². The molecule has 0 saturated carbocycles. The summed E-state index contributed by atoms with van der Waals surface area (Å²) in [7, 11) is 0. The monoisotopic (exact) mass is 296 g/mol. The summed E-state index contributed by atoms with van der Waals surface area (Å²) < 4.78 is 0. The van der Waals surface area contributed by atoms with Gasteiger partial charge in [0.2, 0.25) is 11.8 Å². The van der Waals surface area contributed by atoms with Crippen molar-refractivity contribution in [2.75, 3.05) is 26.2 Å². The molecule has 0 unspecified atom stereocenters. The van der Waals surface area contributed by atoms with Gasteiger partial charge in [-0.25, -0.2) is 0 Å². The largest absolute Gasteiger partial charge is 0.343 e. The summed E-state index contributed by atoms with van der Waals surface area (Å²) in [4.78, 5) is 28.7. The lowest BCUT2D eigenvalue weighted by atomic mass is 9.90. The first-order valence-corrected chi connectivity index (χ1v) is 8.39. The summed E-state index contributed by atoms with van der Waals surface area (Å²) in [6.07, 6.45) is 3.80. The number of piperidine rings is 1. The SMILES string of the molecule is CCCCN(CC)C(=O)C1CCN(C(=O)C(C)(C)C)CC1. The molecule has 1 heterocycles. The van der Waals surface area contributed by atoms with Gasteiger partial charge in [0.05, 0.1) is 0 Å². The van der Waals surface area contributed by atoms with Gasteiger partial charge in [-0.3, -0.25) is 9.59 Å². The minimum absolute atomic E-state index is 0.103. The van der Waals surface area contributed by atoms with Gasteiger partial charge in [0.25, 0.3) is 0 Å². The number of hydrogen-bond acceptors (Lipinski definition) is 2. The Balaban J connectivity index is 2.52. The van der Waals surface area contributed by atoms with Crippen LogP contribution in [0.5, 0.6) is 0 Å². The van der Waals surface area contributed by atoms with Gasteiger partial charge in [0.15, 0.2) is 0 Å². The van der Waals surface area contributed by atoms with Gasteiger partial charge in [-0.1, -0.05) is 34.1 Å². The Hall–Kier alpha value is -1.06. The molecule has 1 saturated heterocycles. The van der Waals surface area contributed by atoms with Crippen molar-refractivity contribution >= 4 is 11.8 Å². The molecular formula is C17H32N2O2. The van der Waals surface area contributed by atoms with E-state index in [-0.39, 0.29) is 23.1 Å². The number of carbonyl (C=O) groups excluding carboxylic acids is 2. The standard InChI is InChI=1S/C17H32N2O2/c1-6-8-11-18(7-2)15(20)14-9-12-19(13-10-14)16(21)17(3,4)5/h14H,6-13H2,1-5H3. The molecule has 0 spiro atoms. The Kier molecular flexibility index (Phi) is 6.69. The molecule has 122 valence electrons. The van der Waals surface area contributed by atoms with Crippen molar-refractivity contribution in [2.24, 2.45) is 11.3 Å². The molecule has 0 bridgehead atoms. The van der Waals surface area contributed by atoms with Crippen LogP contribution in [0, 0.1) is 11.3 Å². The fourth-order valence-electron chi connectivity index (χ4n) is 2.84. The number of amides is 2. The number of unbranched alkanes of at least 4 members (excludes halogenated alkanes) is 1. The predicted molar refractivity (Wildman–Crippen MR) is 85.9 cm³/mol. The zero-order chi connectivity index (χ0) is 16.0. The molecule has 1 rings (SSSR count). The van der Waals surface area contributed by atoms with Crippen LogP contribution < -0.4 is 0 Å². The maximum Gasteiger partial charge on any atom is 0.227 e. The first-order valence-electron chi connectivity index (χ1n) is 8.39. The number of nitrogens with zero attached hydrogens (tertiary/aromatic N) is 2. The average Bonchev–Trinajstić information content (AvgIpc) is 2.46. The van der Waals surface area contributed by atoms with Crippen molar-refractivity contribution in [1.29, 1.82) is 0 Å². The van der Waals surface area contributed by atoms with E-state index in [9.17, 15) is 9.59 Å². The number of carbonyl (C=O) groups is 2. The number of rotatable bonds is 5. The maximum atomic E-state index is 12.5. The van der Waals surface area contributed by atoms with Crippen LogP contribution >= 0.6 is 0 Å². The molecule has 2 amide bonds. The third-order valence-electron chi connectivity index (χ3n) is 4.25. The Morgan fingerprint density at radius 2 is 1.71 bits per heavy atom. The second kappa shape index (κ2) is 7.81. The molecule has 0 aromatic heterocycles. The predicted octanol–water partition coefficient (Wildman–Crippen LogP) is 2.92. The lowest BCUT2D eigenvalue weighted by Gasteiger charge is -2.36. The minimum atomic E-state index is -0.326. The molecule has 0 atom stereocenters. The molecule has 0 aromatic rings. The third kappa shape index (κ3) is 5.01. The van der Waals surface area contributed by atoms with Gasteiger partial charge < -0.3 is 9.80 Å². The first kappa shape index (κ1) is 18.0. The van der Waals surface area contributed by atoms with Crippen molar-refractivity contribution < 1.29 is 9.59 Å². The lowest BCUT2D eigenvalue weighted by Crippen LogP contribution is -2.47. The van der Waals surface area contributed by atoms with E-state index in [2.05, 4.69) is 6.92 Å².